The van der Waals surface area contributed by atoms with E-state index in [1.807, 2.05) is 0 Å². The van der Waals surface area contributed by atoms with Crippen molar-refractivity contribution in [2.75, 3.05) is 12.3 Å². The molecule has 1 aliphatic heterocycles. The largest absolute Gasteiger partial charge is 0.463 e. The third-order valence-corrected chi connectivity index (χ3v) is 5.85. The maximum absolute atomic E-state index is 12.0. The number of nitrogens with zero attached hydrogens (tertiary/aromatic N) is 4. The molecule has 0 radical (unpaired) electrons. The van der Waals surface area contributed by atoms with Crippen molar-refractivity contribution in [3.8, 4) is 0 Å². The van der Waals surface area contributed by atoms with E-state index in [0.29, 0.717) is 17.0 Å². The molecule has 1 saturated heterocycles. The highest BCUT2D eigenvalue weighted by molar-refractivity contribution is 5.82. The minimum Gasteiger partial charge on any atom is -0.463 e. The smallest absolute Gasteiger partial charge is 0.303 e. The van der Waals surface area contributed by atoms with Crippen LogP contribution < -0.4 is 5.73 Å². The lowest BCUT2D eigenvalue weighted by Crippen LogP contribution is -2.40. The molecule has 178 valence electrons. The standard InChI is InChI=1S/C21H27N5O7/c1-10(27)30-8-14-16(31-11(2)28)17(32-12(3)29)21(33-14)26-19(13-6-4-5-7-13)25-15-18(22)23-9-24-20(15)26/h9,13-14,16-17,21H,4-8H2,1-3H3,(H2,22,23,24)/t14-,16?,17?,21-/m1/s1. The second kappa shape index (κ2) is 9.30. The zero-order valence-corrected chi connectivity index (χ0v) is 18.7. The minimum atomic E-state index is -1.03. The van der Waals surface area contributed by atoms with Gasteiger partial charge in [-0.3, -0.25) is 19.0 Å². The van der Waals surface area contributed by atoms with Crippen molar-refractivity contribution in [3.05, 3.63) is 12.2 Å². The Morgan fingerprint density at radius 2 is 1.73 bits per heavy atom. The van der Waals surface area contributed by atoms with E-state index in [1.54, 1.807) is 4.57 Å². The van der Waals surface area contributed by atoms with Crippen LogP contribution in [0.5, 0.6) is 0 Å². The van der Waals surface area contributed by atoms with Crippen LogP contribution >= 0.6 is 0 Å². The molecule has 33 heavy (non-hydrogen) atoms. The summed E-state index contributed by atoms with van der Waals surface area (Å²) in [7, 11) is 0. The monoisotopic (exact) mass is 461 g/mol. The van der Waals surface area contributed by atoms with E-state index in [2.05, 4.69) is 9.97 Å². The number of hydrogen-bond donors (Lipinski definition) is 1. The summed E-state index contributed by atoms with van der Waals surface area (Å²) in [6.07, 6.45) is 1.43. The van der Waals surface area contributed by atoms with Gasteiger partial charge in [-0.2, -0.15) is 0 Å². The predicted molar refractivity (Wildman–Crippen MR) is 113 cm³/mol. The number of ether oxygens (including phenoxy) is 4. The van der Waals surface area contributed by atoms with Crippen molar-refractivity contribution in [2.24, 2.45) is 0 Å². The lowest BCUT2D eigenvalue weighted by atomic mass is 10.1. The highest BCUT2D eigenvalue weighted by Gasteiger charge is 2.52. The molecule has 0 spiro atoms. The summed E-state index contributed by atoms with van der Waals surface area (Å²) in [4.78, 5) is 48.4. The number of nitrogen functional groups attached to an aromatic ring is 1. The molecular formula is C21H27N5O7. The van der Waals surface area contributed by atoms with Gasteiger partial charge in [0.05, 0.1) is 0 Å². The van der Waals surface area contributed by atoms with Gasteiger partial charge in [-0.05, 0) is 12.8 Å². The van der Waals surface area contributed by atoms with Gasteiger partial charge in [0.25, 0.3) is 0 Å². The van der Waals surface area contributed by atoms with Gasteiger partial charge in [0.1, 0.15) is 24.9 Å². The fraction of sp³-hybridized carbons (Fsp3) is 0.619. The number of hydrogen-bond acceptors (Lipinski definition) is 11. The Bertz CT molecular complexity index is 1060. The number of aromatic nitrogens is 4. The number of esters is 3. The Morgan fingerprint density at radius 1 is 1.06 bits per heavy atom. The summed E-state index contributed by atoms with van der Waals surface area (Å²) in [5.41, 5.74) is 6.90. The zero-order valence-electron chi connectivity index (χ0n) is 18.7. The van der Waals surface area contributed by atoms with Gasteiger partial charge in [-0.15, -0.1) is 0 Å². The Balaban J connectivity index is 1.83. The highest BCUT2D eigenvalue weighted by Crippen LogP contribution is 2.42. The quantitative estimate of drug-likeness (QED) is 0.489. The highest BCUT2D eigenvalue weighted by atomic mass is 16.7. The molecule has 2 unspecified atom stereocenters. The average molecular weight is 461 g/mol. The molecule has 2 aromatic heterocycles. The van der Waals surface area contributed by atoms with E-state index in [4.69, 9.17) is 29.7 Å². The molecule has 1 saturated carbocycles. The van der Waals surface area contributed by atoms with Gasteiger partial charge < -0.3 is 24.7 Å². The normalized spacial score (nSPS) is 25.3. The summed E-state index contributed by atoms with van der Waals surface area (Å²) in [6.45, 7) is 3.57. The first kappa shape index (κ1) is 22.9. The topological polar surface area (TPSA) is 158 Å². The maximum atomic E-state index is 12.0. The van der Waals surface area contributed by atoms with Crippen LogP contribution in [0.15, 0.2) is 6.33 Å². The van der Waals surface area contributed by atoms with Crippen molar-refractivity contribution >= 4 is 34.9 Å². The Labute approximate surface area is 189 Å². The van der Waals surface area contributed by atoms with E-state index in [-0.39, 0.29) is 18.3 Å². The van der Waals surface area contributed by atoms with Crippen molar-refractivity contribution in [1.29, 1.82) is 0 Å². The molecular weight excluding hydrogens is 434 g/mol. The summed E-state index contributed by atoms with van der Waals surface area (Å²) < 4.78 is 24.2. The summed E-state index contributed by atoms with van der Waals surface area (Å²) in [5, 5.41) is 0. The average Bonchev–Trinajstić information content (AvgIpc) is 3.45. The molecule has 3 heterocycles. The molecule has 2 aromatic rings. The van der Waals surface area contributed by atoms with Gasteiger partial charge >= 0.3 is 17.9 Å². The molecule has 0 amide bonds. The molecule has 12 heteroatoms. The van der Waals surface area contributed by atoms with Gasteiger partial charge in [-0.25, -0.2) is 15.0 Å². The molecule has 2 N–H and O–H groups in total. The molecule has 2 fully saturated rings. The predicted octanol–water partition coefficient (Wildman–Crippen LogP) is 1.39. The van der Waals surface area contributed by atoms with Gasteiger partial charge in [0, 0.05) is 26.7 Å². The van der Waals surface area contributed by atoms with E-state index in [0.717, 1.165) is 25.7 Å². The third-order valence-electron chi connectivity index (χ3n) is 5.85. The first-order valence-electron chi connectivity index (χ1n) is 10.9. The van der Waals surface area contributed by atoms with Crippen LogP contribution in [0.25, 0.3) is 11.2 Å². The zero-order chi connectivity index (χ0) is 23.7. The summed E-state index contributed by atoms with van der Waals surface area (Å²) in [6, 6.07) is 0. The van der Waals surface area contributed by atoms with Crippen molar-refractivity contribution in [3.63, 3.8) is 0 Å². The van der Waals surface area contributed by atoms with Crippen LogP contribution in [-0.4, -0.2) is 62.3 Å². The first-order valence-corrected chi connectivity index (χ1v) is 10.9. The number of carbonyl (C=O) groups is 3. The molecule has 0 bridgehead atoms. The molecule has 1 aliphatic carbocycles. The lowest BCUT2D eigenvalue weighted by Gasteiger charge is -2.25. The van der Waals surface area contributed by atoms with Crippen LogP contribution in [-0.2, 0) is 33.3 Å². The van der Waals surface area contributed by atoms with E-state index < -0.39 is 42.4 Å². The van der Waals surface area contributed by atoms with Crippen LogP contribution in [0, 0.1) is 0 Å². The van der Waals surface area contributed by atoms with Gasteiger partial charge in [0.2, 0.25) is 0 Å². The molecule has 4 rings (SSSR count). The Morgan fingerprint density at radius 3 is 2.36 bits per heavy atom. The van der Waals surface area contributed by atoms with Crippen LogP contribution in [0.4, 0.5) is 5.82 Å². The second-order valence-electron chi connectivity index (χ2n) is 8.27. The first-order chi connectivity index (χ1) is 15.8. The van der Waals surface area contributed by atoms with Crippen molar-refractivity contribution < 1.29 is 33.3 Å². The number of anilines is 1. The van der Waals surface area contributed by atoms with Crippen LogP contribution in [0.1, 0.15) is 64.4 Å². The Kier molecular flexibility index (Phi) is 6.45. The van der Waals surface area contributed by atoms with Crippen molar-refractivity contribution in [1.82, 2.24) is 19.5 Å². The minimum absolute atomic E-state index is 0.125. The van der Waals surface area contributed by atoms with Crippen LogP contribution in [0.2, 0.25) is 0 Å². The summed E-state index contributed by atoms with van der Waals surface area (Å²) >= 11 is 0. The van der Waals surface area contributed by atoms with Crippen LogP contribution in [0.3, 0.4) is 0 Å². The maximum Gasteiger partial charge on any atom is 0.303 e. The van der Waals surface area contributed by atoms with Gasteiger partial charge in [0.15, 0.2) is 35.4 Å². The fourth-order valence-corrected chi connectivity index (χ4v) is 4.57. The fourth-order valence-electron chi connectivity index (χ4n) is 4.57. The summed E-state index contributed by atoms with van der Waals surface area (Å²) in [5.74, 6) is -0.667. The second-order valence-corrected chi connectivity index (χ2v) is 8.27. The molecule has 2 aliphatic rings. The number of carbonyl (C=O) groups excluding carboxylic acids is 3. The SMILES string of the molecule is CC(=O)OC[C@H]1O[C@@H](n2c(C3CCCC3)nc3c(N)ncnc32)C(OC(C)=O)C1OC(C)=O. The third kappa shape index (κ3) is 4.61. The van der Waals surface area contributed by atoms with E-state index >= 15 is 0 Å². The number of rotatable bonds is 6. The molecule has 0 aromatic carbocycles. The molecule has 12 nitrogen and oxygen atoms in total. The number of fused-ring (bicyclic) bond motifs is 1. The van der Waals surface area contributed by atoms with Gasteiger partial charge in [-0.1, -0.05) is 12.8 Å². The molecule has 4 atom stereocenters. The number of imidazole rings is 1. The van der Waals surface area contributed by atoms with E-state index in [1.165, 1.54) is 27.1 Å². The Hall–Kier alpha value is -3.28. The van der Waals surface area contributed by atoms with E-state index in [9.17, 15) is 14.4 Å². The van der Waals surface area contributed by atoms with Crippen molar-refractivity contribution in [2.45, 2.75) is 76.9 Å². The number of nitrogens with two attached hydrogens (primary N) is 1. The lowest BCUT2D eigenvalue weighted by molar-refractivity contribution is -0.166.